The molecule has 0 bridgehead atoms. The molecule has 5 aliphatic rings. The second-order valence-corrected chi connectivity index (χ2v) is 18.1. The van der Waals surface area contributed by atoms with Crippen molar-refractivity contribution in [1.29, 1.82) is 0 Å². The maximum Gasteiger partial charge on any atom is 0.0758 e. The molecular formula is C32H46Si. The van der Waals surface area contributed by atoms with E-state index in [9.17, 15) is 0 Å². The SMILES string of the molecule is CC1CC(C)C([Si](C2CCCC2)(C2C3=C(CC=CC3)c3ccccc32)C2CC(C)CC2C)C1. The zero-order valence-electron chi connectivity index (χ0n) is 21.7. The quantitative estimate of drug-likeness (QED) is 0.311. The summed E-state index contributed by atoms with van der Waals surface area (Å²) in [5, 5.41) is 0. The van der Waals surface area contributed by atoms with Gasteiger partial charge in [-0.25, -0.2) is 0 Å². The monoisotopic (exact) mass is 458 g/mol. The van der Waals surface area contributed by atoms with Gasteiger partial charge in [-0.3, -0.25) is 0 Å². The van der Waals surface area contributed by atoms with E-state index in [0.717, 1.165) is 45.8 Å². The summed E-state index contributed by atoms with van der Waals surface area (Å²) in [6.07, 6.45) is 19.6. The molecule has 0 radical (unpaired) electrons. The Morgan fingerprint density at radius 3 is 1.94 bits per heavy atom. The van der Waals surface area contributed by atoms with Crippen LogP contribution in [0, 0.1) is 23.7 Å². The molecule has 33 heavy (non-hydrogen) atoms. The van der Waals surface area contributed by atoms with E-state index in [1.165, 1.54) is 38.5 Å². The Bertz CT molecular complexity index is 923. The second kappa shape index (κ2) is 8.54. The van der Waals surface area contributed by atoms with Gasteiger partial charge in [0.25, 0.3) is 0 Å². The van der Waals surface area contributed by atoms with Crippen LogP contribution >= 0.6 is 0 Å². The van der Waals surface area contributed by atoms with Crippen LogP contribution in [0.4, 0.5) is 0 Å². The van der Waals surface area contributed by atoms with Gasteiger partial charge < -0.3 is 0 Å². The lowest BCUT2D eigenvalue weighted by molar-refractivity contribution is 0.510. The minimum absolute atomic E-state index is 0.812. The highest BCUT2D eigenvalue weighted by atomic mass is 28.3. The smallest absolute Gasteiger partial charge is 0.0758 e. The largest absolute Gasteiger partial charge is 0.0841 e. The van der Waals surface area contributed by atoms with Gasteiger partial charge in [-0.15, -0.1) is 0 Å². The van der Waals surface area contributed by atoms with Gasteiger partial charge >= 0.3 is 0 Å². The molecule has 0 N–H and O–H groups in total. The van der Waals surface area contributed by atoms with E-state index in [1.807, 2.05) is 5.57 Å². The Balaban J connectivity index is 1.61. The molecule has 1 aromatic rings. The maximum absolute atomic E-state index is 2.69. The number of hydrogen-bond donors (Lipinski definition) is 0. The molecule has 7 atom stereocenters. The van der Waals surface area contributed by atoms with Crippen LogP contribution in [0.2, 0.25) is 16.6 Å². The first-order valence-corrected chi connectivity index (χ1v) is 16.8. The van der Waals surface area contributed by atoms with Crippen molar-refractivity contribution in [3.8, 4) is 0 Å². The third-order valence-electron chi connectivity index (χ3n) is 11.2. The molecule has 0 amide bonds. The summed E-state index contributed by atoms with van der Waals surface area (Å²) < 4.78 is 0. The molecule has 6 rings (SSSR count). The summed E-state index contributed by atoms with van der Waals surface area (Å²) in [6, 6.07) is 9.80. The second-order valence-electron chi connectivity index (χ2n) is 13.2. The summed E-state index contributed by atoms with van der Waals surface area (Å²) >= 11 is 0. The van der Waals surface area contributed by atoms with Gasteiger partial charge in [0, 0.05) is 5.54 Å². The van der Waals surface area contributed by atoms with Gasteiger partial charge in [-0.2, -0.15) is 0 Å². The Morgan fingerprint density at radius 2 is 1.33 bits per heavy atom. The number of rotatable bonds is 4. The predicted octanol–water partition coefficient (Wildman–Crippen LogP) is 9.69. The third kappa shape index (κ3) is 3.34. The van der Waals surface area contributed by atoms with Gasteiger partial charge in [-0.05, 0) is 95.5 Å². The Hall–Kier alpha value is -1.08. The molecule has 0 saturated heterocycles. The highest BCUT2D eigenvalue weighted by molar-refractivity contribution is 6.86. The summed E-state index contributed by atoms with van der Waals surface area (Å²) in [4.78, 5) is 0. The van der Waals surface area contributed by atoms with Crippen LogP contribution in [0.5, 0.6) is 0 Å². The molecule has 5 aliphatic carbocycles. The molecule has 0 heterocycles. The van der Waals surface area contributed by atoms with E-state index < -0.39 is 8.07 Å². The van der Waals surface area contributed by atoms with Crippen molar-refractivity contribution in [1.82, 2.24) is 0 Å². The Labute approximate surface area is 204 Å². The molecule has 0 nitrogen and oxygen atoms in total. The first kappa shape index (κ1) is 22.4. The number of hydrogen-bond acceptors (Lipinski definition) is 0. The van der Waals surface area contributed by atoms with Crippen molar-refractivity contribution in [2.75, 3.05) is 0 Å². The van der Waals surface area contributed by atoms with Crippen molar-refractivity contribution in [2.24, 2.45) is 23.7 Å². The van der Waals surface area contributed by atoms with E-state index >= 15 is 0 Å². The average Bonchev–Trinajstić information content (AvgIpc) is 3.58. The van der Waals surface area contributed by atoms with Gasteiger partial charge in [0.2, 0.25) is 0 Å². The summed E-state index contributed by atoms with van der Waals surface area (Å²) in [5.41, 5.74) is 11.1. The third-order valence-corrected chi connectivity index (χ3v) is 19.1. The molecule has 1 aromatic carbocycles. The lowest BCUT2D eigenvalue weighted by Gasteiger charge is -2.55. The van der Waals surface area contributed by atoms with Crippen molar-refractivity contribution in [3.63, 3.8) is 0 Å². The van der Waals surface area contributed by atoms with Crippen molar-refractivity contribution >= 4 is 13.6 Å². The zero-order chi connectivity index (χ0) is 22.7. The van der Waals surface area contributed by atoms with Gasteiger partial charge in [-0.1, -0.05) is 95.4 Å². The van der Waals surface area contributed by atoms with E-state index in [-0.39, 0.29) is 0 Å². The molecule has 3 saturated carbocycles. The van der Waals surface area contributed by atoms with Crippen LogP contribution in [0.15, 0.2) is 42.0 Å². The fourth-order valence-corrected chi connectivity index (χ4v) is 20.6. The van der Waals surface area contributed by atoms with Crippen molar-refractivity contribution < 1.29 is 0 Å². The predicted molar refractivity (Wildman–Crippen MR) is 145 cm³/mol. The number of fused-ring (bicyclic) bond motifs is 2. The fourth-order valence-electron chi connectivity index (χ4n) is 10.5. The lowest BCUT2D eigenvalue weighted by Crippen LogP contribution is -2.56. The van der Waals surface area contributed by atoms with Crippen molar-refractivity contribution in [2.45, 2.75) is 114 Å². The summed E-state index contributed by atoms with van der Waals surface area (Å²) in [6.45, 7) is 10.5. The first-order chi connectivity index (χ1) is 16.0. The standard InChI is InChI=1S/C32H46Si/c1-21-17-23(3)30(19-21)33(25-11-5-6-12-25,31-20-22(2)18-24(31)4)32-28-15-9-7-13-26(28)27-14-8-10-16-29(27)32/h7-10,13,15,21-25,30-32H,5-6,11-12,14,16-20H2,1-4H3. The van der Waals surface area contributed by atoms with Crippen LogP contribution in [-0.4, -0.2) is 8.07 Å². The van der Waals surface area contributed by atoms with E-state index in [0.29, 0.717) is 0 Å². The summed E-state index contributed by atoms with van der Waals surface area (Å²) in [7, 11) is -1.72. The fraction of sp³-hybridized carbons (Fsp3) is 0.688. The Kier molecular flexibility index (Phi) is 5.79. The van der Waals surface area contributed by atoms with Crippen LogP contribution in [-0.2, 0) is 0 Å². The molecule has 7 unspecified atom stereocenters. The zero-order valence-corrected chi connectivity index (χ0v) is 22.7. The van der Waals surface area contributed by atoms with Gasteiger partial charge in [0.1, 0.15) is 0 Å². The van der Waals surface area contributed by atoms with E-state index in [1.54, 1.807) is 42.4 Å². The van der Waals surface area contributed by atoms with Crippen molar-refractivity contribution in [3.05, 3.63) is 53.1 Å². The molecular weight excluding hydrogens is 412 g/mol. The molecule has 0 spiro atoms. The highest BCUT2D eigenvalue weighted by Crippen LogP contribution is 2.70. The molecule has 0 aromatic heterocycles. The van der Waals surface area contributed by atoms with Crippen LogP contribution in [0.1, 0.15) is 109 Å². The first-order valence-electron chi connectivity index (χ1n) is 14.5. The van der Waals surface area contributed by atoms with E-state index in [2.05, 4.69) is 64.1 Å². The lowest BCUT2D eigenvalue weighted by atomic mass is 9.97. The van der Waals surface area contributed by atoms with Crippen LogP contribution in [0.25, 0.3) is 5.57 Å². The molecule has 178 valence electrons. The van der Waals surface area contributed by atoms with E-state index in [4.69, 9.17) is 0 Å². The minimum Gasteiger partial charge on any atom is -0.0841 e. The Morgan fingerprint density at radius 1 is 0.727 bits per heavy atom. The average molecular weight is 459 g/mol. The summed E-state index contributed by atoms with van der Waals surface area (Å²) in [5.74, 6) is 3.74. The minimum atomic E-state index is -1.72. The maximum atomic E-state index is 2.69. The molecule has 1 heteroatoms. The molecule has 0 aliphatic heterocycles. The topological polar surface area (TPSA) is 0 Å². The number of allylic oxidation sites excluding steroid dienone is 4. The van der Waals surface area contributed by atoms with Crippen LogP contribution in [0.3, 0.4) is 0 Å². The van der Waals surface area contributed by atoms with Gasteiger partial charge in [0.15, 0.2) is 0 Å². The number of benzene rings is 1. The normalized spacial score (nSPS) is 40.3. The molecule has 3 fully saturated rings. The van der Waals surface area contributed by atoms with Crippen LogP contribution < -0.4 is 0 Å². The highest BCUT2D eigenvalue weighted by Gasteiger charge is 2.64. The van der Waals surface area contributed by atoms with Gasteiger partial charge in [0.05, 0.1) is 8.07 Å².